The Balaban J connectivity index is 1.79. The molecule has 0 atom stereocenters. The molecule has 0 spiro atoms. The fourth-order valence-corrected chi connectivity index (χ4v) is 4.55. The summed E-state index contributed by atoms with van der Waals surface area (Å²) >= 11 is 1.27. The second-order valence-corrected chi connectivity index (χ2v) is 7.38. The molecule has 124 valence electrons. The number of aryl methyl sites for hydroxylation is 3. The molecular weight excluding hydrogens is 320 g/mol. The quantitative estimate of drug-likeness (QED) is 0.755. The van der Waals surface area contributed by atoms with E-state index in [0.717, 1.165) is 41.2 Å². The van der Waals surface area contributed by atoms with Crippen molar-refractivity contribution in [2.24, 2.45) is 0 Å². The Hall–Kier alpha value is -2.14. The normalized spacial score (nSPS) is 14.0. The van der Waals surface area contributed by atoms with E-state index >= 15 is 0 Å². The minimum Gasteiger partial charge on any atom is -0.477 e. The van der Waals surface area contributed by atoms with E-state index in [-0.39, 0.29) is 0 Å². The summed E-state index contributed by atoms with van der Waals surface area (Å²) in [6.07, 6.45) is 8.53. The van der Waals surface area contributed by atoms with Gasteiger partial charge in [0.15, 0.2) is 4.96 Å². The Kier molecular flexibility index (Phi) is 3.88. The number of hydrogen-bond acceptors (Lipinski definition) is 3. The lowest BCUT2D eigenvalue weighted by Crippen LogP contribution is -2.02. The van der Waals surface area contributed by atoms with Crippen LogP contribution in [0.3, 0.4) is 0 Å². The van der Waals surface area contributed by atoms with Crippen LogP contribution in [-0.4, -0.2) is 20.5 Å². The van der Waals surface area contributed by atoms with E-state index in [4.69, 9.17) is 4.98 Å². The second-order valence-electron chi connectivity index (χ2n) is 6.40. The lowest BCUT2D eigenvalue weighted by molar-refractivity contribution is 0.0700. The van der Waals surface area contributed by atoms with Gasteiger partial charge >= 0.3 is 5.97 Å². The standard InChI is InChI=1S/C19H20N2O2S/c1-2-5-16-17(18(22)23)24-19-20-15(11-21(16)19)14-9-8-12-6-3-4-7-13(12)10-14/h8-11H,2-7H2,1H3,(H,22,23). The van der Waals surface area contributed by atoms with Gasteiger partial charge in [-0.3, -0.25) is 4.40 Å². The molecule has 4 nitrogen and oxygen atoms in total. The molecule has 0 amide bonds. The summed E-state index contributed by atoms with van der Waals surface area (Å²) < 4.78 is 1.96. The fourth-order valence-electron chi connectivity index (χ4n) is 3.56. The summed E-state index contributed by atoms with van der Waals surface area (Å²) in [7, 11) is 0. The number of carbonyl (C=O) groups is 1. The molecule has 0 fully saturated rings. The van der Waals surface area contributed by atoms with E-state index in [2.05, 4.69) is 25.1 Å². The molecule has 1 aliphatic rings. The molecule has 1 aliphatic carbocycles. The maximum absolute atomic E-state index is 11.4. The van der Waals surface area contributed by atoms with Gasteiger partial charge in [0.25, 0.3) is 0 Å². The largest absolute Gasteiger partial charge is 0.477 e. The average molecular weight is 340 g/mol. The van der Waals surface area contributed by atoms with Crippen LogP contribution in [0.2, 0.25) is 0 Å². The Morgan fingerprint density at radius 2 is 2.08 bits per heavy atom. The smallest absolute Gasteiger partial charge is 0.347 e. The molecular formula is C19H20N2O2S. The van der Waals surface area contributed by atoms with E-state index in [1.165, 1.54) is 41.7 Å². The van der Waals surface area contributed by atoms with Crippen LogP contribution in [0.1, 0.15) is 52.7 Å². The first-order valence-electron chi connectivity index (χ1n) is 8.53. The number of hydrogen-bond donors (Lipinski definition) is 1. The predicted molar refractivity (Wildman–Crippen MR) is 96.1 cm³/mol. The SMILES string of the molecule is CCCc1c(C(=O)O)sc2nc(-c3ccc4c(c3)CCCC4)cn12. The van der Waals surface area contributed by atoms with Gasteiger partial charge in [0, 0.05) is 17.5 Å². The number of thiazole rings is 1. The molecule has 0 unspecified atom stereocenters. The molecule has 0 saturated carbocycles. The van der Waals surface area contributed by atoms with Crippen LogP contribution < -0.4 is 0 Å². The summed E-state index contributed by atoms with van der Waals surface area (Å²) in [5.41, 5.74) is 5.83. The third kappa shape index (κ3) is 2.53. The van der Waals surface area contributed by atoms with E-state index in [1.54, 1.807) is 0 Å². The molecule has 2 heterocycles. The number of imidazole rings is 1. The average Bonchev–Trinajstić information content (AvgIpc) is 3.14. The van der Waals surface area contributed by atoms with Crippen LogP contribution in [0, 0.1) is 0 Å². The van der Waals surface area contributed by atoms with Crippen LogP contribution in [0.4, 0.5) is 0 Å². The number of aromatic nitrogens is 2. The third-order valence-corrected chi connectivity index (χ3v) is 5.83. The minimum atomic E-state index is -0.857. The van der Waals surface area contributed by atoms with Crippen molar-refractivity contribution in [1.29, 1.82) is 0 Å². The van der Waals surface area contributed by atoms with Crippen molar-refractivity contribution in [3.05, 3.63) is 46.1 Å². The zero-order chi connectivity index (χ0) is 16.7. The highest BCUT2D eigenvalue weighted by Gasteiger charge is 2.20. The first-order chi connectivity index (χ1) is 11.7. The van der Waals surface area contributed by atoms with Gasteiger partial charge in [-0.05, 0) is 49.3 Å². The predicted octanol–water partition coefficient (Wildman–Crippen LogP) is 4.59. The number of nitrogens with zero attached hydrogens (tertiary/aromatic N) is 2. The van der Waals surface area contributed by atoms with Crippen LogP contribution in [0.15, 0.2) is 24.4 Å². The van der Waals surface area contributed by atoms with E-state index in [9.17, 15) is 9.90 Å². The second kappa shape index (κ2) is 6.06. The van der Waals surface area contributed by atoms with Gasteiger partial charge in [-0.2, -0.15) is 0 Å². The molecule has 1 N–H and O–H groups in total. The van der Waals surface area contributed by atoms with Crippen LogP contribution in [0.5, 0.6) is 0 Å². The third-order valence-electron chi connectivity index (χ3n) is 4.75. The summed E-state index contributed by atoms with van der Waals surface area (Å²) in [6.45, 7) is 2.07. The van der Waals surface area contributed by atoms with Crippen molar-refractivity contribution in [3.8, 4) is 11.3 Å². The number of fused-ring (bicyclic) bond motifs is 2. The lowest BCUT2D eigenvalue weighted by Gasteiger charge is -2.15. The molecule has 5 heteroatoms. The summed E-state index contributed by atoms with van der Waals surface area (Å²) in [5, 5.41) is 9.40. The number of benzene rings is 1. The van der Waals surface area contributed by atoms with Crippen molar-refractivity contribution >= 4 is 22.3 Å². The number of rotatable bonds is 4. The van der Waals surface area contributed by atoms with Crippen LogP contribution >= 0.6 is 11.3 Å². The molecule has 0 aliphatic heterocycles. The fraction of sp³-hybridized carbons (Fsp3) is 0.368. The number of aromatic carboxylic acids is 1. The Morgan fingerprint density at radius 1 is 1.29 bits per heavy atom. The van der Waals surface area contributed by atoms with Gasteiger partial charge in [0.2, 0.25) is 0 Å². The zero-order valence-corrected chi connectivity index (χ0v) is 14.5. The van der Waals surface area contributed by atoms with Crippen molar-refractivity contribution in [1.82, 2.24) is 9.38 Å². The molecule has 2 aromatic heterocycles. The number of carboxylic acid groups (broad SMARTS) is 1. The topological polar surface area (TPSA) is 54.6 Å². The first-order valence-corrected chi connectivity index (χ1v) is 9.35. The Morgan fingerprint density at radius 3 is 2.83 bits per heavy atom. The Bertz CT molecular complexity index is 923. The summed E-state index contributed by atoms with van der Waals surface area (Å²) in [4.78, 5) is 17.3. The monoisotopic (exact) mass is 340 g/mol. The van der Waals surface area contributed by atoms with E-state index in [0.29, 0.717) is 4.88 Å². The molecule has 1 aromatic carbocycles. The van der Waals surface area contributed by atoms with E-state index in [1.807, 2.05) is 10.6 Å². The van der Waals surface area contributed by atoms with Gasteiger partial charge in [0.05, 0.1) is 5.69 Å². The zero-order valence-electron chi connectivity index (χ0n) is 13.7. The highest BCUT2D eigenvalue weighted by molar-refractivity contribution is 7.19. The van der Waals surface area contributed by atoms with Crippen LogP contribution in [0.25, 0.3) is 16.2 Å². The van der Waals surface area contributed by atoms with Crippen molar-refractivity contribution in [2.45, 2.75) is 45.4 Å². The lowest BCUT2D eigenvalue weighted by atomic mass is 9.90. The maximum atomic E-state index is 11.4. The molecule has 0 bridgehead atoms. The first kappa shape index (κ1) is 15.4. The van der Waals surface area contributed by atoms with Gasteiger partial charge in [0.1, 0.15) is 4.88 Å². The molecule has 0 radical (unpaired) electrons. The molecule has 4 rings (SSSR count). The van der Waals surface area contributed by atoms with Crippen molar-refractivity contribution < 1.29 is 9.90 Å². The highest BCUT2D eigenvalue weighted by Crippen LogP contribution is 2.31. The van der Waals surface area contributed by atoms with Gasteiger partial charge in [-0.25, -0.2) is 9.78 Å². The minimum absolute atomic E-state index is 0.413. The number of carboxylic acids is 1. The van der Waals surface area contributed by atoms with E-state index < -0.39 is 5.97 Å². The Labute approximate surface area is 144 Å². The van der Waals surface area contributed by atoms with Crippen LogP contribution in [-0.2, 0) is 19.3 Å². The molecule has 24 heavy (non-hydrogen) atoms. The summed E-state index contributed by atoms with van der Waals surface area (Å²) in [6, 6.07) is 6.64. The maximum Gasteiger partial charge on any atom is 0.347 e. The molecule has 0 saturated heterocycles. The summed E-state index contributed by atoms with van der Waals surface area (Å²) in [5.74, 6) is -0.857. The van der Waals surface area contributed by atoms with Gasteiger partial charge < -0.3 is 5.11 Å². The molecule has 3 aromatic rings. The van der Waals surface area contributed by atoms with Gasteiger partial charge in [-0.1, -0.05) is 36.8 Å². The highest BCUT2D eigenvalue weighted by atomic mass is 32.1. The van der Waals surface area contributed by atoms with Crippen molar-refractivity contribution in [2.75, 3.05) is 0 Å². The van der Waals surface area contributed by atoms with Crippen molar-refractivity contribution in [3.63, 3.8) is 0 Å². The van der Waals surface area contributed by atoms with Gasteiger partial charge in [-0.15, -0.1) is 0 Å².